The molecule has 0 radical (unpaired) electrons. The van der Waals surface area contributed by atoms with Crippen LogP contribution in [0.1, 0.15) is 41.6 Å². The third-order valence-electron chi connectivity index (χ3n) is 4.79. The molecule has 1 heterocycles. The Bertz CT molecular complexity index is 872. The van der Waals surface area contributed by atoms with E-state index in [0.29, 0.717) is 35.1 Å². The fraction of sp³-hybridized carbons (Fsp3) is 0.381. The van der Waals surface area contributed by atoms with Crippen molar-refractivity contribution in [1.29, 1.82) is 0 Å². The van der Waals surface area contributed by atoms with Crippen molar-refractivity contribution in [3.8, 4) is 0 Å². The molecule has 0 unspecified atom stereocenters. The van der Waals surface area contributed by atoms with Crippen LogP contribution >= 0.6 is 11.6 Å². The molecule has 8 heteroatoms. The lowest BCUT2D eigenvalue weighted by Crippen LogP contribution is -2.32. The number of nitrogens with zero attached hydrogens (tertiary/aromatic N) is 1. The van der Waals surface area contributed by atoms with Crippen molar-refractivity contribution in [1.82, 2.24) is 15.6 Å². The molecule has 3 rings (SSSR count). The fourth-order valence-corrected chi connectivity index (χ4v) is 3.54. The third-order valence-corrected chi connectivity index (χ3v) is 5.08. The minimum Gasteiger partial charge on any atom is -0.367 e. The first-order valence-corrected chi connectivity index (χ1v) is 10.1. The van der Waals surface area contributed by atoms with Crippen molar-refractivity contribution >= 4 is 29.2 Å². The molecule has 2 aromatic rings. The Labute approximate surface area is 174 Å². The highest BCUT2D eigenvalue weighted by molar-refractivity contribution is 6.33. The molecule has 29 heavy (non-hydrogen) atoms. The minimum atomic E-state index is -0.363. The monoisotopic (exact) mass is 418 g/mol. The summed E-state index contributed by atoms with van der Waals surface area (Å²) in [6, 6.07) is 7.77. The number of amides is 2. The van der Waals surface area contributed by atoms with Gasteiger partial charge in [-0.3, -0.25) is 9.59 Å². The number of carbonyl (C=O) groups excluding carboxylic acids is 2. The second-order valence-electron chi connectivity index (χ2n) is 7.09. The molecule has 1 aromatic heterocycles. The van der Waals surface area contributed by atoms with Crippen LogP contribution in [-0.4, -0.2) is 35.9 Å². The molecule has 154 valence electrons. The predicted octanol–water partition coefficient (Wildman–Crippen LogP) is 3.32. The van der Waals surface area contributed by atoms with Gasteiger partial charge in [0, 0.05) is 25.3 Å². The van der Waals surface area contributed by atoms with Crippen molar-refractivity contribution in [2.45, 2.75) is 38.1 Å². The van der Waals surface area contributed by atoms with Crippen LogP contribution in [0.3, 0.4) is 0 Å². The van der Waals surface area contributed by atoms with Crippen molar-refractivity contribution < 1.29 is 14.0 Å². The minimum absolute atomic E-state index is 0.113. The van der Waals surface area contributed by atoms with Gasteiger partial charge in [0.25, 0.3) is 5.91 Å². The first-order valence-electron chi connectivity index (χ1n) is 9.72. The normalized spacial score (nSPS) is 13.9. The third kappa shape index (κ3) is 6.42. The van der Waals surface area contributed by atoms with E-state index in [9.17, 15) is 14.0 Å². The average Bonchev–Trinajstić information content (AvgIpc) is 3.19. The van der Waals surface area contributed by atoms with E-state index < -0.39 is 0 Å². The molecule has 0 spiro atoms. The number of hydrogen-bond donors (Lipinski definition) is 3. The largest absolute Gasteiger partial charge is 0.367 e. The maximum Gasteiger partial charge on any atom is 0.253 e. The second-order valence-corrected chi connectivity index (χ2v) is 7.50. The van der Waals surface area contributed by atoms with E-state index in [4.69, 9.17) is 11.6 Å². The second kappa shape index (κ2) is 10.2. The smallest absolute Gasteiger partial charge is 0.253 e. The Morgan fingerprint density at radius 2 is 1.97 bits per heavy atom. The Balaban J connectivity index is 1.42. The van der Waals surface area contributed by atoms with E-state index >= 15 is 0 Å². The molecule has 0 bridgehead atoms. The molecule has 1 aliphatic carbocycles. The van der Waals surface area contributed by atoms with E-state index in [1.807, 2.05) is 0 Å². The summed E-state index contributed by atoms with van der Waals surface area (Å²) in [6.07, 6.45) is 5.91. The van der Waals surface area contributed by atoms with Crippen molar-refractivity contribution in [3.63, 3.8) is 0 Å². The number of rotatable bonds is 8. The van der Waals surface area contributed by atoms with Gasteiger partial charge in [0.05, 0.1) is 17.0 Å². The molecule has 1 fully saturated rings. The summed E-state index contributed by atoms with van der Waals surface area (Å²) >= 11 is 6.23. The summed E-state index contributed by atoms with van der Waals surface area (Å²) in [4.78, 5) is 28.4. The molecule has 2 amide bonds. The van der Waals surface area contributed by atoms with Gasteiger partial charge in [-0.2, -0.15) is 0 Å². The van der Waals surface area contributed by atoms with Crippen LogP contribution in [0.4, 0.5) is 10.2 Å². The van der Waals surface area contributed by atoms with Crippen LogP contribution in [0, 0.1) is 5.82 Å². The molecule has 1 aromatic carbocycles. The summed E-state index contributed by atoms with van der Waals surface area (Å²) in [5.41, 5.74) is 1.04. The average molecular weight is 419 g/mol. The van der Waals surface area contributed by atoms with Gasteiger partial charge in [-0.25, -0.2) is 9.37 Å². The number of halogens is 2. The first kappa shape index (κ1) is 21.0. The van der Waals surface area contributed by atoms with Gasteiger partial charge in [0.2, 0.25) is 5.91 Å². The fourth-order valence-electron chi connectivity index (χ4n) is 3.31. The number of hydrogen-bond acceptors (Lipinski definition) is 4. The van der Waals surface area contributed by atoms with Crippen LogP contribution in [0.5, 0.6) is 0 Å². The molecule has 1 aliphatic rings. The molecule has 1 saturated carbocycles. The molecular formula is C21H24ClFN4O2. The molecule has 3 N–H and O–H groups in total. The summed E-state index contributed by atoms with van der Waals surface area (Å²) < 4.78 is 13.1. The zero-order valence-corrected chi connectivity index (χ0v) is 16.8. The number of nitrogens with one attached hydrogen (secondary N) is 3. The highest BCUT2D eigenvalue weighted by Crippen LogP contribution is 2.21. The Kier molecular flexibility index (Phi) is 7.41. The maximum absolute atomic E-state index is 13.1. The van der Waals surface area contributed by atoms with Gasteiger partial charge in [0.1, 0.15) is 11.6 Å². The first-order chi connectivity index (χ1) is 14.0. The van der Waals surface area contributed by atoms with Crippen molar-refractivity contribution in [2.24, 2.45) is 0 Å². The van der Waals surface area contributed by atoms with Crippen LogP contribution in [0.25, 0.3) is 0 Å². The zero-order chi connectivity index (χ0) is 20.6. The topological polar surface area (TPSA) is 83.1 Å². The maximum atomic E-state index is 13.1. The highest BCUT2D eigenvalue weighted by Gasteiger charge is 2.18. The van der Waals surface area contributed by atoms with E-state index in [1.54, 1.807) is 18.2 Å². The van der Waals surface area contributed by atoms with E-state index in [2.05, 4.69) is 20.9 Å². The van der Waals surface area contributed by atoms with Crippen LogP contribution in [0.15, 0.2) is 36.5 Å². The number of carbonyl (C=O) groups is 2. The number of anilines is 1. The molecule has 0 saturated heterocycles. The Hall–Kier alpha value is -2.67. The SMILES string of the molecule is O=C(Cc1cccc(F)c1)NCCNc1ncc(C(=O)NC2CCCC2)cc1Cl. The van der Waals surface area contributed by atoms with Crippen LogP contribution in [-0.2, 0) is 11.2 Å². The molecule has 0 atom stereocenters. The van der Waals surface area contributed by atoms with Crippen LogP contribution in [0.2, 0.25) is 5.02 Å². The van der Waals surface area contributed by atoms with Crippen molar-refractivity contribution in [3.05, 3.63) is 58.5 Å². The lowest BCUT2D eigenvalue weighted by atomic mass is 10.1. The summed E-state index contributed by atoms with van der Waals surface area (Å²) in [6.45, 7) is 0.769. The Morgan fingerprint density at radius 1 is 1.17 bits per heavy atom. The van der Waals surface area contributed by atoms with Gasteiger partial charge in [-0.05, 0) is 36.6 Å². The quantitative estimate of drug-likeness (QED) is 0.574. The standard InChI is InChI=1S/C21H24ClFN4O2/c22-18-12-15(21(29)27-17-6-1-2-7-17)13-26-20(18)25-9-8-24-19(28)11-14-4-3-5-16(23)10-14/h3-5,10,12-13,17H,1-2,6-9,11H2,(H,24,28)(H,25,26)(H,27,29). The summed E-state index contributed by atoms with van der Waals surface area (Å²) in [5.74, 6) is -0.278. The Morgan fingerprint density at radius 3 is 2.69 bits per heavy atom. The van der Waals surface area contributed by atoms with Gasteiger partial charge >= 0.3 is 0 Å². The van der Waals surface area contributed by atoms with E-state index in [0.717, 1.165) is 25.7 Å². The summed E-state index contributed by atoms with van der Waals surface area (Å²) in [7, 11) is 0. The van der Waals surface area contributed by atoms with Crippen molar-refractivity contribution in [2.75, 3.05) is 18.4 Å². The molecule has 0 aliphatic heterocycles. The van der Waals surface area contributed by atoms with Gasteiger partial charge in [-0.15, -0.1) is 0 Å². The number of aromatic nitrogens is 1. The van der Waals surface area contributed by atoms with Crippen LogP contribution < -0.4 is 16.0 Å². The van der Waals surface area contributed by atoms with Gasteiger partial charge in [-0.1, -0.05) is 36.6 Å². The zero-order valence-electron chi connectivity index (χ0n) is 16.0. The van der Waals surface area contributed by atoms with Gasteiger partial charge < -0.3 is 16.0 Å². The number of pyridine rings is 1. The lowest BCUT2D eigenvalue weighted by Gasteiger charge is -2.13. The van der Waals surface area contributed by atoms with E-state index in [1.165, 1.54) is 18.3 Å². The summed E-state index contributed by atoms with van der Waals surface area (Å²) in [5, 5.41) is 9.13. The highest BCUT2D eigenvalue weighted by atomic mass is 35.5. The predicted molar refractivity (Wildman–Crippen MR) is 111 cm³/mol. The number of benzene rings is 1. The molecule has 6 nitrogen and oxygen atoms in total. The molecular weight excluding hydrogens is 395 g/mol. The van der Waals surface area contributed by atoms with E-state index in [-0.39, 0.29) is 30.1 Å². The van der Waals surface area contributed by atoms with Gasteiger partial charge in [0.15, 0.2) is 0 Å². The lowest BCUT2D eigenvalue weighted by molar-refractivity contribution is -0.120.